The third-order valence-electron chi connectivity index (χ3n) is 3.82. The van der Waals surface area contributed by atoms with Crippen molar-refractivity contribution in [2.45, 2.75) is 33.6 Å². The predicted octanol–water partition coefficient (Wildman–Crippen LogP) is 0.916. The van der Waals surface area contributed by atoms with Gasteiger partial charge in [0.05, 0.1) is 11.5 Å². The number of hydrazine groups is 1. The summed E-state index contributed by atoms with van der Waals surface area (Å²) in [7, 11) is 0. The fourth-order valence-corrected chi connectivity index (χ4v) is 2.62. The average Bonchev–Trinajstić information content (AvgIpc) is 2.83. The molecule has 3 amide bonds. The minimum atomic E-state index is -0.415. The normalized spacial score (nSPS) is 18.0. The summed E-state index contributed by atoms with van der Waals surface area (Å²) in [5.74, 6) is 0.110. The number of carbonyl (C=O) groups excluding carboxylic acids is 3. The molecule has 1 fully saturated rings. The van der Waals surface area contributed by atoms with Crippen molar-refractivity contribution < 1.29 is 18.8 Å². The maximum atomic E-state index is 12.1. The summed E-state index contributed by atoms with van der Waals surface area (Å²) < 4.78 is 5.28. The number of rotatable bonds is 2. The molecule has 1 saturated heterocycles. The lowest BCUT2D eigenvalue weighted by Gasteiger charge is -2.31. The van der Waals surface area contributed by atoms with E-state index in [4.69, 9.17) is 4.42 Å². The highest BCUT2D eigenvalue weighted by Crippen LogP contribution is 2.17. The van der Waals surface area contributed by atoms with Gasteiger partial charge in [-0.05, 0) is 32.8 Å². The second kappa shape index (κ2) is 6.64. The summed E-state index contributed by atoms with van der Waals surface area (Å²) in [4.78, 5) is 37.1. The molecule has 0 radical (unpaired) electrons. The molecule has 7 nitrogen and oxygen atoms in total. The zero-order valence-electron chi connectivity index (χ0n) is 13.1. The lowest BCUT2D eigenvalue weighted by Crippen LogP contribution is -2.49. The second-order valence-corrected chi connectivity index (χ2v) is 5.57. The molecule has 0 unspecified atom stereocenters. The predicted molar refractivity (Wildman–Crippen MR) is 78.8 cm³/mol. The minimum absolute atomic E-state index is 0.0361. The molecule has 7 heteroatoms. The summed E-state index contributed by atoms with van der Waals surface area (Å²) >= 11 is 0. The van der Waals surface area contributed by atoms with Gasteiger partial charge >= 0.3 is 0 Å². The molecule has 22 heavy (non-hydrogen) atoms. The molecule has 2 rings (SSSR count). The molecule has 1 aliphatic heterocycles. The highest BCUT2D eigenvalue weighted by molar-refractivity contribution is 5.96. The van der Waals surface area contributed by atoms with E-state index in [2.05, 4.69) is 10.9 Å². The van der Waals surface area contributed by atoms with Crippen molar-refractivity contribution in [3.8, 4) is 0 Å². The van der Waals surface area contributed by atoms with E-state index in [1.165, 1.54) is 6.92 Å². The number of nitrogens with one attached hydrogen (secondary N) is 2. The van der Waals surface area contributed by atoms with E-state index in [9.17, 15) is 14.4 Å². The Kier molecular flexibility index (Phi) is 4.85. The third-order valence-corrected chi connectivity index (χ3v) is 3.82. The number of piperidine rings is 1. The van der Waals surface area contributed by atoms with Gasteiger partial charge < -0.3 is 9.32 Å². The molecule has 0 saturated carbocycles. The summed E-state index contributed by atoms with van der Waals surface area (Å²) in [5.41, 5.74) is 5.22. The molecule has 120 valence electrons. The number of furan rings is 1. The Hall–Kier alpha value is -2.31. The number of hydrogen-bond donors (Lipinski definition) is 2. The Morgan fingerprint density at radius 2 is 2.00 bits per heavy atom. The van der Waals surface area contributed by atoms with Crippen LogP contribution in [0.2, 0.25) is 0 Å². The molecule has 1 atom stereocenters. The number of hydrogen-bond acceptors (Lipinski definition) is 4. The van der Waals surface area contributed by atoms with Crippen LogP contribution in [0.15, 0.2) is 10.5 Å². The van der Waals surface area contributed by atoms with E-state index in [1.54, 1.807) is 24.8 Å². The van der Waals surface area contributed by atoms with Crippen LogP contribution >= 0.6 is 0 Å². The van der Waals surface area contributed by atoms with Crippen molar-refractivity contribution in [3.63, 3.8) is 0 Å². The van der Waals surface area contributed by atoms with Gasteiger partial charge in [0.2, 0.25) is 11.8 Å². The average molecular weight is 307 g/mol. The number of amides is 3. The van der Waals surface area contributed by atoms with E-state index in [0.717, 1.165) is 6.42 Å². The van der Waals surface area contributed by atoms with Crippen LogP contribution in [0.3, 0.4) is 0 Å². The van der Waals surface area contributed by atoms with Gasteiger partial charge in [-0.1, -0.05) is 0 Å². The largest absolute Gasteiger partial charge is 0.466 e. The Labute approximate surface area is 129 Å². The third kappa shape index (κ3) is 3.66. The van der Waals surface area contributed by atoms with Crippen LogP contribution in [0.5, 0.6) is 0 Å². The fourth-order valence-electron chi connectivity index (χ4n) is 2.62. The lowest BCUT2D eigenvalue weighted by atomic mass is 9.97. The highest BCUT2D eigenvalue weighted by atomic mass is 16.3. The van der Waals surface area contributed by atoms with Gasteiger partial charge in [0.25, 0.3) is 5.91 Å². The zero-order valence-corrected chi connectivity index (χ0v) is 13.1. The van der Waals surface area contributed by atoms with E-state index in [0.29, 0.717) is 36.6 Å². The SMILES string of the molecule is CC(=O)N1CCC[C@H](C(=O)NNC(=O)c2cc(C)oc2C)C1. The quantitative estimate of drug-likeness (QED) is 0.795. The molecular formula is C15H21N3O4. The van der Waals surface area contributed by atoms with Gasteiger partial charge in [0.1, 0.15) is 11.5 Å². The van der Waals surface area contributed by atoms with E-state index in [-0.39, 0.29) is 17.7 Å². The smallest absolute Gasteiger partial charge is 0.273 e. The van der Waals surface area contributed by atoms with Crippen molar-refractivity contribution in [1.29, 1.82) is 0 Å². The number of likely N-dealkylation sites (tertiary alicyclic amines) is 1. The molecule has 1 aromatic rings. The van der Waals surface area contributed by atoms with Gasteiger partial charge in [0, 0.05) is 20.0 Å². The zero-order chi connectivity index (χ0) is 16.3. The van der Waals surface area contributed by atoms with Gasteiger partial charge in [-0.15, -0.1) is 0 Å². The Bertz CT molecular complexity index is 594. The molecule has 2 N–H and O–H groups in total. The molecule has 0 aromatic carbocycles. The standard InChI is InChI=1S/C15H21N3O4/c1-9-7-13(10(2)22-9)15(21)17-16-14(20)12-5-4-6-18(8-12)11(3)19/h7,12H,4-6,8H2,1-3H3,(H,16,20)(H,17,21)/t12-/m0/s1. The van der Waals surface area contributed by atoms with Crippen LogP contribution in [-0.4, -0.2) is 35.7 Å². The Balaban J connectivity index is 1.88. The molecule has 0 bridgehead atoms. The molecule has 2 heterocycles. The maximum absolute atomic E-state index is 12.1. The summed E-state index contributed by atoms with van der Waals surface area (Å²) in [5, 5.41) is 0. The van der Waals surface area contributed by atoms with Crippen LogP contribution in [0.25, 0.3) is 0 Å². The molecular weight excluding hydrogens is 286 g/mol. The summed E-state index contributed by atoms with van der Waals surface area (Å²) in [6.45, 7) is 6.00. The van der Waals surface area contributed by atoms with Crippen LogP contribution in [0.4, 0.5) is 0 Å². The highest BCUT2D eigenvalue weighted by Gasteiger charge is 2.27. The van der Waals surface area contributed by atoms with Crippen LogP contribution in [0, 0.1) is 19.8 Å². The first-order chi connectivity index (χ1) is 10.4. The van der Waals surface area contributed by atoms with Crippen molar-refractivity contribution in [3.05, 3.63) is 23.2 Å². The van der Waals surface area contributed by atoms with Crippen molar-refractivity contribution in [2.24, 2.45) is 5.92 Å². The molecule has 0 spiro atoms. The Morgan fingerprint density at radius 1 is 1.27 bits per heavy atom. The first-order valence-corrected chi connectivity index (χ1v) is 7.31. The van der Waals surface area contributed by atoms with Gasteiger partial charge in [-0.2, -0.15) is 0 Å². The van der Waals surface area contributed by atoms with Crippen LogP contribution in [0.1, 0.15) is 41.6 Å². The number of aryl methyl sites for hydroxylation is 2. The molecule has 0 aliphatic carbocycles. The first-order valence-electron chi connectivity index (χ1n) is 7.31. The van der Waals surface area contributed by atoms with E-state index < -0.39 is 5.91 Å². The van der Waals surface area contributed by atoms with E-state index >= 15 is 0 Å². The second-order valence-electron chi connectivity index (χ2n) is 5.57. The Morgan fingerprint density at radius 3 is 2.59 bits per heavy atom. The minimum Gasteiger partial charge on any atom is -0.466 e. The number of carbonyl (C=O) groups is 3. The van der Waals surface area contributed by atoms with Gasteiger partial charge in [-0.3, -0.25) is 25.2 Å². The van der Waals surface area contributed by atoms with Gasteiger partial charge in [0.15, 0.2) is 0 Å². The summed E-state index contributed by atoms with van der Waals surface area (Å²) in [6.07, 6.45) is 1.49. The maximum Gasteiger partial charge on any atom is 0.273 e. The van der Waals surface area contributed by atoms with Crippen molar-refractivity contribution >= 4 is 17.7 Å². The van der Waals surface area contributed by atoms with Crippen LogP contribution < -0.4 is 10.9 Å². The lowest BCUT2D eigenvalue weighted by molar-refractivity contribution is -0.134. The topological polar surface area (TPSA) is 91.7 Å². The van der Waals surface area contributed by atoms with E-state index in [1.807, 2.05) is 0 Å². The van der Waals surface area contributed by atoms with Crippen molar-refractivity contribution in [2.75, 3.05) is 13.1 Å². The fraction of sp³-hybridized carbons (Fsp3) is 0.533. The van der Waals surface area contributed by atoms with Crippen LogP contribution in [-0.2, 0) is 9.59 Å². The molecule has 1 aliphatic rings. The van der Waals surface area contributed by atoms with Gasteiger partial charge in [-0.25, -0.2) is 0 Å². The summed E-state index contributed by atoms with van der Waals surface area (Å²) in [6, 6.07) is 1.62. The molecule has 1 aromatic heterocycles. The number of nitrogens with zero attached hydrogens (tertiary/aromatic N) is 1. The van der Waals surface area contributed by atoms with Crippen molar-refractivity contribution in [1.82, 2.24) is 15.8 Å². The first kappa shape index (κ1) is 16.1. The monoisotopic (exact) mass is 307 g/mol.